The first-order valence-electron chi connectivity index (χ1n) is 18.8. The van der Waals surface area contributed by atoms with Crippen LogP contribution in [-0.2, 0) is 0 Å². The standard InChI is InChI=1S/C52H32N2O2/c1-3-12-33(13-4-1)39-27-40(37-23-25-51-45(31-37)43-19-8-10-21-49(43)56-51)29-41(28-39)47-32-46(53-52(54-47)34-14-5-2-6-15-34)38-17-11-16-35(26-38)36-22-24-50-44(30-36)42-18-7-9-20-48(42)55-50/h1-32H. The minimum atomic E-state index is 0.674. The molecule has 0 bridgehead atoms. The van der Waals surface area contributed by atoms with Crippen molar-refractivity contribution in [3.05, 3.63) is 194 Å². The molecule has 262 valence electrons. The van der Waals surface area contributed by atoms with Crippen LogP contribution in [0.4, 0.5) is 0 Å². The van der Waals surface area contributed by atoms with Crippen molar-refractivity contribution < 1.29 is 8.83 Å². The van der Waals surface area contributed by atoms with Gasteiger partial charge in [-0.15, -0.1) is 0 Å². The third-order valence-electron chi connectivity index (χ3n) is 10.7. The highest BCUT2D eigenvalue weighted by Crippen LogP contribution is 2.38. The summed E-state index contributed by atoms with van der Waals surface area (Å²) in [6, 6.07) is 67.6. The number of hydrogen-bond donors (Lipinski definition) is 0. The molecule has 4 heteroatoms. The van der Waals surface area contributed by atoms with E-state index in [9.17, 15) is 0 Å². The zero-order chi connectivity index (χ0) is 37.0. The van der Waals surface area contributed by atoms with Crippen LogP contribution < -0.4 is 0 Å². The van der Waals surface area contributed by atoms with Crippen molar-refractivity contribution in [2.75, 3.05) is 0 Å². The van der Waals surface area contributed by atoms with E-state index in [0.717, 1.165) is 105 Å². The van der Waals surface area contributed by atoms with Crippen molar-refractivity contribution >= 4 is 43.9 Å². The normalized spacial score (nSPS) is 11.6. The van der Waals surface area contributed by atoms with Gasteiger partial charge < -0.3 is 8.83 Å². The van der Waals surface area contributed by atoms with Crippen LogP contribution in [0.2, 0.25) is 0 Å². The highest BCUT2D eigenvalue weighted by Gasteiger charge is 2.16. The van der Waals surface area contributed by atoms with Crippen LogP contribution in [0.5, 0.6) is 0 Å². The summed E-state index contributed by atoms with van der Waals surface area (Å²) in [5.74, 6) is 0.674. The van der Waals surface area contributed by atoms with Crippen molar-refractivity contribution in [2.24, 2.45) is 0 Å². The summed E-state index contributed by atoms with van der Waals surface area (Å²) in [6.07, 6.45) is 0. The van der Waals surface area contributed by atoms with Gasteiger partial charge in [-0.05, 0) is 100 Å². The fourth-order valence-electron chi connectivity index (χ4n) is 7.87. The molecular formula is C52H32N2O2. The van der Waals surface area contributed by atoms with Crippen molar-refractivity contribution in [1.82, 2.24) is 9.97 Å². The Hall–Kier alpha value is -7.56. The molecule has 0 atom stereocenters. The largest absolute Gasteiger partial charge is 0.456 e. The number of fused-ring (bicyclic) bond motifs is 6. The van der Waals surface area contributed by atoms with Gasteiger partial charge in [-0.25, -0.2) is 9.97 Å². The number of aromatic nitrogens is 2. The topological polar surface area (TPSA) is 52.1 Å². The van der Waals surface area contributed by atoms with Gasteiger partial charge in [0.1, 0.15) is 22.3 Å². The van der Waals surface area contributed by atoms with Gasteiger partial charge in [0.25, 0.3) is 0 Å². The minimum absolute atomic E-state index is 0.674. The van der Waals surface area contributed by atoms with E-state index in [2.05, 4.69) is 152 Å². The lowest BCUT2D eigenvalue weighted by Gasteiger charge is -2.14. The Labute approximate surface area is 323 Å². The summed E-state index contributed by atoms with van der Waals surface area (Å²) in [7, 11) is 0. The Morgan fingerprint density at radius 3 is 1.32 bits per heavy atom. The van der Waals surface area contributed by atoms with Gasteiger partial charge in [-0.3, -0.25) is 0 Å². The van der Waals surface area contributed by atoms with E-state index >= 15 is 0 Å². The molecule has 4 nitrogen and oxygen atoms in total. The number of para-hydroxylation sites is 2. The smallest absolute Gasteiger partial charge is 0.160 e. The zero-order valence-corrected chi connectivity index (χ0v) is 30.2. The average molecular weight is 717 g/mol. The van der Waals surface area contributed by atoms with Crippen LogP contribution in [0, 0.1) is 0 Å². The number of rotatable bonds is 6. The molecule has 11 aromatic rings. The van der Waals surface area contributed by atoms with Crippen molar-refractivity contribution in [1.29, 1.82) is 0 Å². The van der Waals surface area contributed by atoms with E-state index < -0.39 is 0 Å². The van der Waals surface area contributed by atoms with Gasteiger partial charge in [-0.2, -0.15) is 0 Å². The van der Waals surface area contributed by atoms with E-state index in [1.54, 1.807) is 0 Å². The number of furan rings is 2. The van der Waals surface area contributed by atoms with Gasteiger partial charge in [0, 0.05) is 38.2 Å². The summed E-state index contributed by atoms with van der Waals surface area (Å²) in [6.45, 7) is 0. The monoisotopic (exact) mass is 716 g/mol. The molecule has 0 amide bonds. The SMILES string of the molecule is c1ccc(-c2cc(-c3ccc4oc5ccccc5c4c3)cc(-c3cc(-c4cccc(-c5ccc6oc7ccccc7c6c5)c4)nc(-c4ccccc4)n3)c2)cc1. The fraction of sp³-hybridized carbons (Fsp3) is 0. The second-order valence-electron chi connectivity index (χ2n) is 14.2. The molecule has 0 N–H and O–H groups in total. The van der Waals surface area contributed by atoms with E-state index in [0.29, 0.717) is 5.82 Å². The molecule has 0 saturated carbocycles. The first-order chi connectivity index (χ1) is 27.7. The molecule has 8 aromatic carbocycles. The molecule has 0 aliphatic heterocycles. The number of hydrogen-bond acceptors (Lipinski definition) is 4. The van der Waals surface area contributed by atoms with E-state index in [4.69, 9.17) is 18.8 Å². The molecule has 0 saturated heterocycles. The molecule has 0 aliphatic rings. The van der Waals surface area contributed by atoms with Crippen molar-refractivity contribution in [3.8, 4) is 67.3 Å². The van der Waals surface area contributed by atoms with Gasteiger partial charge in [0.05, 0.1) is 11.4 Å². The quantitative estimate of drug-likeness (QED) is 0.172. The third-order valence-corrected chi connectivity index (χ3v) is 10.7. The van der Waals surface area contributed by atoms with Gasteiger partial charge in [-0.1, -0.05) is 127 Å². The Morgan fingerprint density at radius 2 is 0.679 bits per heavy atom. The summed E-state index contributed by atoms with van der Waals surface area (Å²) >= 11 is 0. The highest BCUT2D eigenvalue weighted by atomic mass is 16.3. The van der Waals surface area contributed by atoms with Crippen molar-refractivity contribution in [3.63, 3.8) is 0 Å². The lowest BCUT2D eigenvalue weighted by atomic mass is 9.93. The summed E-state index contributed by atoms with van der Waals surface area (Å²) < 4.78 is 12.3. The van der Waals surface area contributed by atoms with Crippen molar-refractivity contribution in [2.45, 2.75) is 0 Å². The predicted octanol–water partition coefficient (Wildman–Crippen LogP) is 14.3. The number of benzene rings is 8. The molecule has 56 heavy (non-hydrogen) atoms. The van der Waals surface area contributed by atoms with Crippen LogP contribution in [0.1, 0.15) is 0 Å². The second kappa shape index (κ2) is 13.1. The highest BCUT2D eigenvalue weighted by molar-refractivity contribution is 6.07. The molecule has 3 heterocycles. The molecule has 0 spiro atoms. The van der Waals surface area contributed by atoms with Crippen LogP contribution in [0.3, 0.4) is 0 Å². The van der Waals surface area contributed by atoms with Crippen LogP contribution in [-0.4, -0.2) is 9.97 Å². The minimum Gasteiger partial charge on any atom is -0.456 e. The van der Waals surface area contributed by atoms with E-state index in [1.165, 1.54) is 0 Å². The van der Waals surface area contributed by atoms with Crippen LogP contribution in [0.25, 0.3) is 111 Å². The third kappa shape index (κ3) is 5.64. The van der Waals surface area contributed by atoms with Crippen LogP contribution in [0.15, 0.2) is 203 Å². The molecule has 0 fully saturated rings. The maximum absolute atomic E-state index is 6.19. The summed E-state index contributed by atoms with van der Waals surface area (Å²) in [5.41, 5.74) is 14.9. The zero-order valence-electron chi connectivity index (χ0n) is 30.2. The average Bonchev–Trinajstić information content (AvgIpc) is 3.84. The molecule has 0 aliphatic carbocycles. The lowest BCUT2D eigenvalue weighted by molar-refractivity contribution is 0.668. The van der Waals surface area contributed by atoms with Gasteiger partial charge in [0.15, 0.2) is 5.82 Å². The Kier molecular flexibility index (Phi) is 7.46. The molecular weight excluding hydrogens is 685 g/mol. The Balaban J connectivity index is 1.08. The molecule has 0 radical (unpaired) electrons. The Bertz CT molecular complexity index is 3250. The van der Waals surface area contributed by atoms with Gasteiger partial charge in [0.2, 0.25) is 0 Å². The first-order valence-corrected chi connectivity index (χ1v) is 18.8. The van der Waals surface area contributed by atoms with E-state index in [-0.39, 0.29) is 0 Å². The van der Waals surface area contributed by atoms with Crippen LogP contribution >= 0.6 is 0 Å². The molecule has 3 aromatic heterocycles. The Morgan fingerprint density at radius 1 is 0.250 bits per heavy atom. The second-order valence-corrected chi connectivity index (χ2v) is 14.2. The summed E-state index contributed by atoms with van der Waals surface area (Å²) in [4.78, 5) is 10.5. The maximum Gasteiger partial charge on any atom is 0.160 e. The lowest BCUT2D eigenvalue weighted by Crippen LogP contribution is -1.97. The molecule has 11 rings (SSSR count). The maximum atomic E-state index is 6.19. The first kappa shape index (κ1) is 31.9. The summed E-state index contributed by atoms with van der Waals surface area (Å²) in [5, 5.41) is 4.43. The fourth-order valence-corrected chi connectivity index (χ4v) is 7.87. The predicted molar refractivity (Wildman–Crippen MR) is 229 cm³/mol. The molecule has 0 unspecified atom stereocenters. The number of nitrogens with zero attached hydrogens (tertiary/aromatic N) is 2. The van der Waals surface area contributed by atoms with Gasteiger partial charge >= 0.3 is 0 Å². The van der Waals surface area contributed by atoms with E-state index in [1.807, 2.05) is 42.5 Å².